The number of rotatable bonds is 2. The Bertz CT molecular complexity index is 452. The molecule has 0 spiro atoms. The van der Waals surface area contributed by atoms with E-state index in [1.165, 1.54) is 11.3 Å². The van der Waals surface area contributed by atoms with Gasteiger partial charge in [0.05, 0.1) is 0 Å². The highest BCUT2D eigenvalue weighted by molar-refractivity contribution is 5.51. The molecule has 0 radical (unpaired) electrons. The van der Waals surface area contributed by atoms with E-state index in [0.717, 1.165) is 12.2 Å². The van der Waals surface area contributed by atoms with Crippen molar-refractivity contribution >= 4 is 5.69 Å². The first kappa shape index (κ1) is 14.2. The van der Waals surface area contributed by atoms with E-state index in [0.29, 0.717) is 0 Å². The van der Waals surface area contributed by atoms with Crippen LogP contribution in [0, 0.1) is 13.8 Å². The van der Waals surface area contributed by atoms with Crippen molar-refractivity contribution in [1.82, 2.24) is 4.98 Å². The zero-order chi connectivity index (χ0) is 13.4. The first-order valence-electron chi connectivity index (χ1n) is 6.29. The monoisotopic (exact) mass is 242 g/mol. The van der Waals surface area contributed by atoms with Gasteiger partial charge in [-0.2, -0.15) is 0 Å². The summed E-state index contributed by atoms with van der Waals surface area (Å²) in [4.78, 5) is 6.22. The summed E-state index contributed by atoms with van der Waals surface area (Å²) in [6, 6.07) is 14.3. The van der Waals surface area contributed by atoms with Crippen molar-refractivity contribution in [2.45, 2.75) is 20.8 Å². The summed E-state index contributed by atoms with van der Waals surface area (Å²) in [5.41, 5.74) is 3.74. The number of benzene rings is 1. The predicted molar refractivity (Wildman–Crippen MR) is 79.1 cm³/mol. The predicted octanol–water partition coefficient (Wildman–Crippen LogP) is 3.84. The molecule has 0 aliphatic rings. The zero-order valence-corrected chi connectivity index (χ0v) is 11.7. The van der Waals surface area contributed by atoms with Crippen LogP contribution in [0.3, 0.4) is 0 Å². The number of aromatic nitrogens is 1. The van der Waals surface area contributed by atoms with E-state index in [4.69, 9.17) is 0 Å². The lowest BCUT2D eigenvalue weighted by Gasteiger charge is -2.18. The molecule has 0 amide bonds. The Morgan fingerprint density at radius 3 is 2.11 bits per heavy atom. The van der Waals surface area contributed by atoms with Crippen molar-refractivity contribution < 1.29 is 0 Å². The Balaban J connectivity index is 0.000000199. The van der Waals surface area contributed by atoms with Gasteiger partial charge in [0.1, 0.15) is 0 Å². The molecular formula is C16H22N2. The van der Waals surface area contributed by atoms with Gasteiger partial charge in [-0.1, -0.05) is 24.3 Å². The van der Waals surface area contributed by atoms with Crippen molar-refractivity contribution in [2.75, 3.05) is 18.5 Å². The van der Waals surface area contributed by atoms with Gasteiger partial charge in [-0.05, 0) is 44.5 Å². The molecule has 0 N–H and O–H groups in total. The van der Waals surface area contributed by atoms with Crippen LogP contribution in [0.25, 0.3) is 0 Å². The third-order valence-electron chi connectivity index (χ3n) is 2.81. The lowest BCUT2D eigenvalue weighted by atomic mass is 10.2. The topological polar surface area (TPSA) is 16.1 Å². The summed E-state index contributed by atoms with van der Waals surface area (Å²) in [7, 11) is 2.11. The lowest BCUT2D eigenvalue weighted by molar-refractivity contribution is 0.961. The largest absolute Gasteiger partial charge is 0.375 e. The van der Waals surface area contributed by atoms with E-state index in [1.54, 1.807) is 6.20 Å². The highest BCUT2D eigenvalue weighted by Gasteiger charge is 1.98. The van der Waals surface area contributed by atoms with Gasteiger partial charge < -0.3 is 4.90 Å². The average Bonchev–Trinajstić information content (AvgIpc) is 2.40. The van der Waals surface area contributed by atoms with Crippen LogP contribution in [-0.2, 0) is 0 Å². The van der Waals surface area contributed by atoms with Crippen molar-refractivity contribution in [3.63, 3.8) is 0 Å². The van der Waals surface area contributed by atoms with Gasteiger partial charge in [0.2, 0.25) is 0 Å². The number of pyridine rings is 1. The average molecular weight is 242 g/mol. The summed E-state index contributed by atoms with van der Waals surface area (Å²) < 4.78 is 0. The molecule has 2 nitrogen and oxygen atoms in total. The number of para-hydroxylation sites is 1. The van der Waals surface area contributed by atoms with E-state index in [1.807, 2.05) is 25.1 Å². The summed E-state index contributed by atoms with van der Waals surface area (Å²) in [6.45, 7) is 7.33. The third-order valence-corrected chi connectivity index (χ3v) is 2.81. The van der Waals surface area contributed by atoms with Crippen LogP contribution < -0.4 is 4.90 Å². The number of hydrogen-bond acceptors (Lipinski definition) is 2. The van der Waals surface area contributed by atoms with Crippen LogP contribution in [0.2, 0.25) is 0 Å². The van der Waals surface area contributed by atoms with E-state index in [-0.39, 0.29) is 0 Å². The van der Waals surface area contributed by atoms with Crippen molar-refractivity contribution in [3.05, 3.63) is 59.9 Å². The summed E-state index contributed by atoms with van der Waals surface area (Å²) >= 11 is 0. The molecule has 1 aromatic heterocycles. The summed E-state index contributed by atoms with van der Waals surface area (Å²) in [5, 5.41) is 0. The second kappa shape index (κ2) is 7.49. The van der Waals surface area contributed by atoms with Gasteiger partial charge in [0.15, 0.2) is 0 Å². The molecule has 18 heavy (non-hydrogen) atoms. The summed E-state index contributed by atoms with van der Waals surface area (Å²) in [5.74, 6) is 0. The van der Waals surface area contributed by atoms with Gasteiger partial charge in [-0.3, -0.25) is 4.98 Å². The highest BCUT2D eigenvalue weighted by atomic mass is 15.1. The summed E-state index contributed by atoms with van der Waals surface area (Å²) in [6.07, 6.45) is 1.79. The molecule has 96 valence electrons. The standard InChI is InChI=1S/C10H15N.C6H7N/c1-4-11(3)10-8-6-5-7-9(10)2;1-6-4-2-3-5-7-6/h5-8H,4H2,1-3H3;2-5H,1H3. The van der Waals surface area contributed by atoms with Gasteiger partial charge in [-0.25, -0.2) is 0 Å². The number of aryl methyl sites for hydroxylation is 2. The fourth-order valence-electron chi connectivity index (χ4n) is 1.61. The van der Waals surface area contributed by atoms with E-state index in [2.05, 4.69) is 55.0 Å². The minimum Gasteiger partial charge on any atom is -0.375 e. The van der Waals surface area contributed by atoms with Crippen molar-refractivity contribution in [2.24, 2.45) is 0 Å². The Morgan fingerprint density at radius 2 is 1.67 bits per heavy atom. The number of nitrogens with zero attached hydrogens (tertiary/aromatic N) is 2. The number of hydrogen-bond donors (Lipinski definition) is 0. The van der Waals surface area contributed by atoms with E-state index < -0.39 is 0 Å². The quantitative estimate of drug-likeness (QED) is 0.795. The Labute approximate surface area is 110 Å². The molecule has 0 unspecified atom stereocenters. The molecule has 1 aromatic carbocycles. The first-order chi connectivity index (χ1) is 8.65. The van der Waals surface area contributed by atoms with Crippen LogP contribution >= 0.6 is 0 Å². The molecule has 0 aliphatic heterocycles. The fourth-order valence-corrected chi connectivity index (χ4v) is 1.61. The van der Waals surface area contributed by atoms with Crippen LogP contribution in [0.4, 0.5) is 5.69 Å². The first-order valence-corrected chi connectivity index (χ1v) is 6.29. The second-order valence-corrected chi connectivity index (χ2v) is 4.27. The van der Waals surface area contributed by atoms with Crippen LogP contribution in [-0.4, -0.2) is 18.6 Å². The Kier molecular flexibility index (Phi) is 5.92. The second-order valence-electron chi connectivity index (χ2n) is 4.27. The van der Waals surface area contributed by atoms with Crippen LogP contribution in [0.1, 0.15) is 18.2 Å². The maximum absolute atomic E-state index is 3.98. The van der Waals surface area contributed by atoms with Crippen LogP contribution in [0.15, 0.2) is 48.7 Å². The van der Waals surface area contributed by atoms with Gasteiger partial charge in [0, 0.05) is 31.2 Å². The van der Waals surface area contributed by atoms with Crippen molar-refractivity contribution in [3.8, 4) is 0 Å². The molecule has 0 bridgehead atoms. The van der Waals surface area contributed by atoms with E-state index in [9.17, 15) is 0 Å². The van der Waals surface area contributed by atoms with E-state index >= 15 is 0 Å². The molecule has 0 aliphatic carbocycles. The molecule has 0 saturated heterocycles. The maximum Gasteiger partial charge on any atom is 0.0393 e. The normalized spacial score (nSPS) is 9.33. The molecular weight excluding hydrogens is 220 g/mol. The molecule has 2 aromatic rings. The highest BCUT2D eigenvalue weighted by Crippen LogP contribution is 2.16. The molecule has 0 atom stereocenters. The lowest BCUT2D eigenvalue weighted by Crippen LogP contribution is -2.16. The fraction of sp³-hybridized carbons (Fsp3) is 0.312. The molecule has 1 heterocycles. The molecule has 0 saturated carbocycles. The minimum absolute atomic E-state index is 1.06. The Morgan fingerprint density at radius 1 is 1.00 bits per heavy atom. The minimum atomic E-state index is 1.06. The van der Waals surface area contributed by atoms with Gasteiger partial charge in [0.25, 0.3) is 0 Å². The smallest absolute Gasteiger partial charge is 0.0393 e. The molecule has 0 fully saturated rings. The third kappa shape index (κ3) is 4.58. The molecule has 2 rings (SSSR count). The van der Waals surface area contributed by atoms with Gasteiger partial charge in [-0.15, -0.1) is 0 Å². The van der Waals surface area contributed by atoms with Crippen LogP contribution in [0.5, 0.6) is 0 Å². The zero-order valence-electron chi connectivity index (χ0n) is 11.7. The maximum atomic E-state index is 3.98. The van der Waals surface area contributed by atoms with Gasteiger partial charge >= 0.3 is 0 Å². The Hall–Kier alpha value is -1.83. The SMILES string of the molecule is CCN(C)c1ccccc1C.Cc1ccccn1. The van der Waals surface area contributed by atoms with Crippen molar-refractivity contribution in [1.29, 1.82) is 0 Å². The molecule has 2 heteroatoms. The number of anilines is 1.